The SMILES string of the molecule is CN(C)S(=O)(=O)c1ccc(OCCOC(=O)CCc2ccco2)cc1. The van der Waals surface area contributed by atoms with Crippen molar-refractivity contribution in [3.63, 3.8) is 0 Å². The summed E-state index contributed by atoms with van der Waals surface area (Å²) in [7, 11) is -0.510. The van der Waals surface area contributed by atoms with Gasteiger partial charge in [-0.1, -0.05) is 0 Å². The zero-order chi connectivity index (χ0) is 18.3. The molecular formula is C17H21NO6S. The van der Waals surface area contributed by atoms with Gasteiger partial charge in [0.15, 0.2) is 0 Å². The van der Waals surface area contributed by atoms with Crippen LogP contribution in [0.5, 0.6) is 5.75 Å². The quantitative estimate of drug-likeness (QED) is 0.498. The smallest absolute Gasteiger partial charge is 0.306 e. The molecule has 0 fully saturated rings. The van der Waals surface area contributed by atoms with Crippen LogP contribution in [-0.2, 0) is 26.0 Å². The molecule has 0 saturated carbocycles. The van der Waals surface area contributed by atoms with Crippen molar-refractivity contribution in [2.24, 2.45) is 0 Å². The van der Waals surface area contributed by atoms with Crippen molar-refractivity contribution in [2.45, 2.75) is 17.7 Å². The van der Waals surface area contributed by atoms with E-state index >= 15 is 0 Å². The van der Waals surface area contributed by atoms with Crippen molar-refractivity contribution in [3.05, 3.63) is 48.4 Å². The van der Waals surface area contributed by atoms with Crippen molar-refractivity contribution >= 4 is 16.0 Å². The molecule has 0 amide bonds. The molecule has 0 aliphatic carbocycles. The third kappa shape index (κ3) is 5.61. The minimum absolute atomic E-state index is 0.120. The van der Waals surface area contributed by atoms with Crippen molar-refractivity contribution in [3.8, 4) is 5.75 Å². The first kappa shape index (κ1) is 19.0. The minimum Gasteiger partial charge on any atom is -0.490 e. The molecule has 0 aliphatic heterocycles. The van der Waals surface area contributed by atoms with Gasteiger partial charge in [0, 0.05) is 20.5 Å². The third-order valence-corrected chi connectivity index (χ3v) is 5.20. The lowest BCUT2D eigenvalue weighted by atomic mass is 10.2. The number of carbonyl (C=O) groups is 1. The van der Waals surface area contributed by atoms with Crippen LogP contribution in [0.3, 0.4) is 0 Å². The Hall–Kier alpha value is -2.32. The van der Waals surface area contributed by atoms with Crippen LogP contribution in [0.2, 0.25) is 0 Å². The highest BCUT2D eigenvalue weighted by molar-refractivity contribution is 7.89. The van der Waals surface area contributed by atoms with Gasteiger partial charge in [-0.15, -0.1) is 0 Å². The number of nitrogens with zero attached hydrogens (tertiary/aromatic N) is 1. The maximum Gasteiger partial charge on any atom is 0.306 e. The van der Waals surface area contributed by atoms with Crippen LogP contribution in [0.1, 0.15) is 12.2 Å². The average molecular weight is 367 g/mol. The Morgan fingerprint density at radius 3 is 2.44 bits per heavy atom. The van der Waals surface area contributed by atoms with E-state index in [1.165, 1.54) is 26.2 Å². The number of aryl methyl sites for hydroxylation is 1. The summed E-state index contributed by atoms with van der Waals surface area (Å²) in [5, 5.41) is 0. The van der Waals surface area contributed by atoms with Gasteiger partial charge in [0.05, 0.1) is 17.6 Å². The highest BCUT2D eigenvalue weighted by Gasteiger charge is 2.16. The predicted octanol–water partition coefficient (Wildman–Crippen LogP) is 2.08. The molecule has 2 rings (SSSR count). The number of hydrogen-bond acceptors (Lipinski definition) is 6. The summed E-state index contributed by atoms with van der Waals surface area (Å²) in [5.74, 6) is 0.915. The second-order valence-electron chi connectivity index (χ2n) is 5.41. The molecule has 0 bridgehead atoms. The summed E-state index contributed by atoms with van der Waals surface area (Å²) in [6.45, 7) is 0.307. The lowest BCUT2D eigenvalue weighted by Gasteiger charge is -2.12. The number of ether oxygens (including phenoxy) is 2. The maximum absolute atomic E-state index is 11.9. The van der Waals surface area contributed by atoms with E-state index in [1.807, 2.05) is 0 Å². The second-order valence-corrected chi connectivity index (χ2v) is 7.56. The number of benzene rings is 1. The first-order chi connectivity index (χ1) is 11.9. The van der Waals surface area contributed by atoms with Crippen molar-refractivity contribution < 1.29 is 27.1 Å². The van der Waals surface area contributed by atoms with E-state index in [4.69, 9.17) is 13.9 Å². The molecule has 0 unspecified atom stereocenters. The lowest BCUT2D eigenvalue weighted by Crippen LogP contribution is -2.22. The fourth-order valence-electron chi connectivity index (χ4n) is 1.99. The molecule has 0 radical (unpaired) electrons. The molecule has 0 N–H and O–H groups in total. The highest BCUT2D eigenvalue weighted by Crippen LogP contribution is 2.18. The van der Waals surface area contributed by atoms with Gasteiger partial charge < -0.3 is 13.9 Å². The van der Waals surface area contributed by atoms with Crippen LogP contribution < -0.4 is 4.74 Å². The highest BCUT2D eigenvalue weighted by atomic mass is 32.2. The minimum atomic E-state index is -3.45. The molecule has 0 spiro atoms. The monoisotopic (exact) mass is 367 g/mol. The van der Waals surface area contributed by atoms with E-state index in [2.05, 4.69) is 0 Å². The van der Waals surface area contributed by atoms with E-state index in [0.717, 1.165) is 10.1 Å². The van der Waals surface area contributed by atoms with Crippen LogP contribution in [0.4, 0.5) is 0 Å². The number of hydrogen-bond donors (Lipinski definition) is 0. The molecule has 1 aromatic heterocycles. The molecule has 0 aliphatic rings. The summed E-state index contributed by atoms with van der Waals surface area (Å²) in [6, 6.07) is 9.64. The van der Waals surface area contributed by atoms with Gasteiger partial charge in [0.25, 0.3) is 0 Å². The molecule has 1 heterocycles. The van der Waals surface area contributed by atoms with E-state index in [9.17, 15) is 13.2 Å². The maximum atomic E-state index is 11.9. The van der Waals surface area contributed by atoms with Crippen LogP contribution in [0, 0.1) is 0 Å². The first-order valence-electron chi connectivity index (χ1n) is 7.73. The molecule has 2 aromatic rings. The number of esters is 1. The van der Waals surface area contributed by atoms with Gasteiger partial charge in [0.2, 0.25) is 10.0 Å². The Kier molecular flexibility index (Phi) is 6.60. The molecule has 7 nitrogen and oxygen atoms in total. The van der Waals surface area contributed by atoms with Gasteiger partial charge >= 0.3 is 5.97 Å². The van der Waals surface area contributed by atoms with Crippen molar-refractivity contribution in [1.29, 1.82) is 0 Å². The molecule has 0 atom stereocenters. The topological polar surface area (TPSA) is 86.0 Å². The summed E-state index contributed by atoms with van der Waals surface area (Å²) in [5.41, 5.74) is 0. The Morgan fingerprint density at radius 1 is 1.12 bits per heavy atom. The number of sulfonamides is 1. The van der Waals surface area contributed by atoms with Gasteiger partial charge in [-0.05, 0) is 36.4 Å². The summed E-state index contributed by atoms with van der Waals surface area (Å²) >= 11 is 0. The van der Waals surface area contributed by atoms with E-state index in [1.54, 1.807) is 30.5 Å². The van der Waals surface area contributed by atoms with E-state index in [0.29, 0.717) is 12.2 Å². The normalized spacial score (nSPS) is 11.5. The molecular weight excluding hydrogens is 346 g/mol. The zero-order valence-corrected chi connectivity index (χ0v) is 15.0. The Balaban J connectivity index is 1.70. The average Bonchev–Trinajstić information content (AvgIpc) is 3.10. The van der Waals surface area contributed by atoms with Crippen LogP contribution >= 0.6 is 0 Å². The Labute approximate surface area is 147 Å². The first-order valence-corrected chi connectivity index (χ1v) is 9.17. The van der Waals surface area contributed by atoms with Gasteiger partial charge in [-0.3, -0.25) is 4.79 Å². The zero-order valence-electron chi connectivity index (χ0n) is 14.2. The van der Waals surface area contributed by atoms with Crippen LogP contribution in [-0.4, -0.2) is 46.0 Å². The van der Waals surface area contributed by atoms with Crippen molar-refractivity contribution in [2.75, 3.05) is 27.3 Å². The number of furan rings is 1. The molecule has 8 heteroatoms. The fraction of sp³-hybridized carbons (Fsp3) is 0.353. The van der Waals surface area contributed by atoms with E-state index < -0.39 is 10.0 Å². The third-order valence-electron chi connectivity index (χ3n) is 3.37. The largest absolute Gasteiger partial charge is 0.490 e. The van der Waals surface area contributed by atoms with Gasteiger partial charge in [-0.25, -0.2) is 12.7 Å². The van der Waals surface area contributed by atoms with Crippen LogP contribution in [0.25, 0.3) is 0 Å². The van der Waals surface area contributed by atoms with Crippen molar-refractivity contribution in [1.82, 2.24) is 4.31 Å². The summed E-state index contributed by atoms with van der Waals surface area (Å²) < 4.78 is 40.7. The van der Waals surface area contributed by atoms with E-state index in [-0.39, 0.29) is 30.5 Å². The Morgan fingerprint density at radius 2 is 1.84 bits per heavy atom. The lowest BCUT2D eigenvalue weighted by molar-refractivity contribution is -0.144. The summed E-state index contributed by atoms with van der Waals surface area (Å²) in [4.78, 5) is 11.8. The Bertz CT molecular complexity index is 766. The van der Waals surface area contributed by atoms with Gasteiger partial charge in [-0.2, -0.15) is 0 Å². The molecule has 136 valence electrons. The number of rotatable bonds is 9. The second kappa shape index (κ2) is 8.68. The molecule has 25 heavy (non-hydrogen) atoms. The number of carbonyl (C=O) groups excluding carboxylic acids is 1. The fourth-order valence-corrected chi connectivity index (χ4v) is 2.89. The molecule has 0 saturated heterocycles. The van der Waals surface area contributed by atoms with Gasteiger partial charge in [0.1, 0.15) is 24.7 Å². The van der Waals surface area contributed by atoms with Crippen LogP contribution in [0.15, 0.2) is 52.0 Å². The molecule has 1 aromatic carbocycles. The summed E-state index contributed by atoms with van der Waals surface area (Å²) in [6.07, 6.45) is 2.29. The standard InChI is InChI=1S/C17H21NO6S/c1-18(2)25(20,21)16-8-5-15(6-9-16)23-12-13-24-17(19)10-7-14-4-3-11-22-14/h3-6,8-9,11H,7,10,12-13H2,1-2H3. The predicted molar refractivity (Wildman–Crippen MR) is 90.8 cm³/mol.